The number of fused-ring (bicyclic) bond motifs is 1. The number of aliphatic hydroxyl groups is 1. The lowest BCUT2D eigenvalue weighted by molar-refractivity contribution is 0.0336. The van der Waals surface area contributed by atoms with Crippen molar-refractivity contribution in [2.24, 2.45) is 0 Å². The molecule has 5 heteroatoms. The molecular formula is C28H25N3O2. The Morgan fingerprint density at radius 1 is 0.788 bits per heavy atom. The smallest absolute Gasteiger partial charge is 0.141 e. The van der Waals surface area contributed by atoms with Gasteiger partial charge in [0.25, 0.3) is 0 Å². The van der Waals surface area contributed by atoms with Crippen molar-refractivity contribution in [3.8, 4) is 5.75 Å². The number of benzene rings is 4. The van der Waals surface area contributed by atoms with Crippen LogP contribution in [0.5, 0.6) is 5.75 Å². The van der Waals surface area contributed by atoms with Crippen molar-refractivity contribution in [2.75, 3.05) is 7.11 Å². The fourth-order valence-corrected chi connectivity index (χ4v) is 4.65. The second-order valence-electron chi connectivity index (χ2n) is 8.12. The summed E-state index contributed by atoms with van der Waals surface area (Å²) in [5.41, 5.74) is 3.44. The molecule has 5 nitrogen and oxygen atoms in total. The Bertz CT molecular complexity index is 1340. The van der Waals surface area contributed by atoms with Gasteiger partial charge in [-0.2, -0.15) is 0 Å². The van der Waals surface area contributed by atoms with Crippen molar-refractivity contribution in [3.05, 3.63) is 125 Å². The Morgan fingerprint density at radius 2 is 1.39 bits per heavy atom. The standard InChI is InChI=1S/C28H25N3O2/c1-20-12-11-17-23(26(20)33-2)27(31-25-19-10-9-18-24(25)29-30-31)28(32,21-13-5-3-6-14-21)22-15-7-4-8-16-22/h3-19,27,32H,1-2H3. The van der Waals surface area contributed by atoms with Crippen molar-refractivity contribution in [1.29, 1.82) is 0 Å². The van der Waals surface area contributed by atoms with Crippen LogP contribution in [-0.2, 0) is 5.60 Å². The van der Waals surface area contributed by atoms with Crippen molar-refractivity contribution in [3.63, 3.8) is 0 Å². The molecule has 0 aliphatic heterocycles. The van der Waals surface area contributed by atoms with Crippen LogP contribution in [0, 0.1) is 6.92 Å². The van der Waals surface area contributed by atoms with Crippen LogP contribution in [0.4, 0.5) is 0 Å². The molecule has 1 N–H and O–H groups in total. The fraction of sp³-hybridized carbons (Fsp3) is 0.143. The maximum Gasteiger partial charge on any atom is 0.141 e. The van der Waals surface area contributed by atoms with Gasteiger partial charge in [-0.25, -0.2) is 4.68 Å². The van der Waals surface area contributed by atoms with E-state index in [0.29, 0.717) is 5.75 Å². The Hall–Kier alpha value is -3.96. The molecule has 0 spiro atoms. The molecular weight excluding hydrogens is 410 g/mol. The zero-order chi connectivity index (χ0) is 22.8. The summed E-state index contributed by atoms with van der Waals surface area (Å²) in [4.78, 5) is 0. The first kappa shape index (κ1) is 20.9. The topological polar surface area (TPSA) is 60.2 Å². The van der Waals surface area contributed by atoms with Crippen molar-refractivity contribution in [1.82, 2.24) is 15.0 Å². The van der Waals surface area contributed by atoms with Gasteiger partial charge in [-0.15, -0.1) is 5.10 Å². The number of rotatable bonds is 6. The number of methoxy groups -OCH3 is 1. The Balaban J connectivity index is 1.90. The van der Waals surface area contributed by atoms with E-state index in [4.69, 9.17) is 4.74 Å². The second-order valence-corrected chi connectivity index (χ2v) is 8.12. The lowest BCUT2D eigenvalue weighted by Crippen LogP contribution is -2.39. The van der Waals surface area contributed by atoms with Crippen molar-refractivity contribution in [2.45, 2.75) is 18.6 Å². The number of ether oxygens (including phenoxy) is 1. The van der Waals surface area contributed by atoms with Crippen LogP contribution in [0.25, 0.3) is 11.0 Å². The summed E-state index contributed by atoms with van der Waals surface area (Å²) in [6.45, 7) is 2.00. The highest BCUT2D eigenvalue weighted by Gasteiger charge is 2.45. The SMILES string of the molecule is COc1c(C)cccc1C(n1nnc2ccccc21)C(O)(c1ccccc1)c1ccccc1. The van der Waals surface area contributed by atoms with Gasteiger partial charge in [-0.1, -0.05) is 96.2 Å². The van der Waals surface area contributed by atoms with Gasteiger partial charge in [-0.05, 0) is 35.7 Å². The Morgan fingerprint density at radius 3 is 2.03 bits per heavy atom. The average Bonchev–Trinajstić information content (AvgIpc) is 3.29. The summed E-state index contributed by atoms with van der Waals surface area (Å²) < 4.78 is 7.67. The first-order valence-corrected chi connectivity index (χ1v) is 10.9. The summed E-state index contributed by atoms with van der Waals surface area (Å²) in [6.07, 6.45) is 0. The predicted octanol–water partition coefficient (Wildman–Crippen LogP) is 5.27. The third kappa shape index (κ3) is 3.47. The van der Waals surface area contributed by atoms with E-state index < -0.39 is 11.6 Å². The quantitative estimate of drug-likeness (QED) is 0.395. The summed E-state index contributed by atoms with van der Waals surface area (Å²) >= 11 is 0. The lowest BCUT2D eigenvalue weighted by Gasteiger charge is -2.38. The van der Waals surface area contributed by atoms with Gasteiger partial charge in [-0.3, -0.25) is 0 Å². The average molecular weight is 436 g/mol. The van der Waals surface area contributed by atoms with E-state index in [9.17, 15) is 5.11 Å². The van der Waals surface area contributed by atoms with Gasteiger partial charge in [0.05, 0.1) is 12.6 Å². The van der Waals surface area contributed by atoms with Crippen molar-refractivity contribution < 1.29 is 9.84 Å². The molecule has 0 aliphatic carbocycles. The highest BCUT2D eigenvalue weighted by Crippen LogP contribution is 2.47. The van der Waals surface area contributed by atoms with Gasteiger partial charge in [0.2, 0.25) is 0 Å². The Kier molecular flexibility index (Phi) is 5.40. The molecule has 33 heavy (non-hydrogen) atoms. The molecule has 0 aliphatic rings. The summed E-state index contributed by atoms with van der Waals surface area (Å²) in [5, 5.41) is 21.7. The first-order chi connectivity index (χ1) is 16.1. The van der Waals surface area contributed by atoms with E-state index in [-0.39, 0.29) is 0 Å². The van der Waals surface area contributed by atoms with Gasteiger partial charge >= 0.3 is 0 Å². The number of nitrogens with zero attached hydrogens (tertiary/aromatic N) is 3. The molecule has 0 fully saturated rings. The number of hydrogen-bond acceptors (Lipinski definition) is 4. The zero-order valence-corrected chi connectivity index (χ0v) is 18.6. The predicted molar refractivity (Wildman–Crippen MR) is 129 cm³/mol. The van der Waals surface area contributed by atoms with E-state index >= 15 is 0 Å². The monoisotopic (exact) mass is 435 g/mol. The third-order valence-corrected chi connectivity index (χ3v) is 6.19. The maximum atomic E-state index is 12.8. The highest BCUT2D eigenvalue weighted by molar-refractivity contribution is 5.74. The van der Waals surface area contributed by atoms with E-state index in [0.717, 1.165) is 33.3 Å². The van der Waals surface area contributed by atoms with Crippen LogP contribution in [0.1, 0.15) is 28.3 Å². The summed E-state index contributed by atoms with van der Waals surface area (Å²) in [5.74, 6) is 0.715. The van der Waals surface area contributed by atoms with E-state index in [2.05, 4.69) is 10.3 Å². The number of aryl methyl sites for hydroxylation is 1. The van der Waals surface area contributed by atoms with Crippen LogP contribution in [0.2, 0.25) is 0 Å². The highest BCUT2D eigenvalue weighted by atomic mass is 16.5. The van der Waals surface area contributed by atoms with Crippen LogP contribution < -0.4 is 4.74 Å². The minimum Gasteiger partial charge on any atom is -0.496 e. The molecule has 0 amide bonds. The van der Waals surface area contributed by atoms with Gasteiger partial charge in [0.15, 0.2) is 0 Å². The van der Waals surface area contributed by atoms with E-state index in [1.54, 1.807) is 7.11 Å². The van der Waals surface area contributed by atoms with Gasteiger partial charge < -0.3 is 9.84 Å². The van der Waals surface area contributed by atoms with Crippen LogP contribution in [0.15, 0.2) is 103 Å². The molecule has 0 bridgehead atoms. The largest absolute Gasteiger partial charge is 0.496 e. The molecule has 5 aromatic rings. The Labute approximate surface area is 192 Å². The second kappa shape index (κ2) is 8.52. The maximum absolute atomic E-state index is 12.8. The summed E-state index contributed by atoms with van der Waals surface area (Å²) in [7, 11) is 1.66. The zero-order valence-electron chi connectivity index (χ0n) is 18.6. The normalized spacial score (nSPS) is 12.6. The molecule has 5 rings (SSSR count). The van der Waals surface area contributed by atoms with Crippen LogP contribution in [0.3, 0.4) is 0 Å². The van der Waals surface area contributed by atoms with Crippen molar-refractivity contribution >= 4 is 11.0 Å². The number of aromatic nitrogens is 3. The molecule has 164 valence electrons. The molecule has 0 saturated heterocycles. The lowest BCUT2D eigenvalue weighted by atomic mass is 9.76. The van der Waals surface area contributed by atoms with Crippen LogP contribution >= 0.6 is 0 Å². The molecule has 4 aromatic carbocycles. The van der Waals surface area contributed by atoms with Gasteiger partial charge in [0, 0.05) is 5.56 Å². The number of hydrogen-bond donors (Lipinski definition) is 1. The molecule has 0 saturated carbocycles. The third-order valence-electron chi connectivity index (χ3n) is 6.19. The molecule has 1 aromatic heterocycles. The number of para-hydroxylation sites is 2. The first-order valence-electron chi connectivity index (χ1n) is 10.9. The molecule has 1 atom stereocenters. The van der Waals surface area contributed by atoms with E-state index in [1.165, 1.54) is 0 Å². The summed E-state index contributed by atoms with van der Waals surface area (Å²) in [6, 6.07) is 32.5. The fourth-order valence-electron chi connectivity index (χ4n) is 4.65. The van der Waals surface area contributed by atoms with Gasteiger partial charge in [0.1, 0.15) is 22.9 Å². The molecule has 1 heterocycles. The molecule has 0 radical (unpaired) electrons. The molecule has 1 unspecified atom stereocenters. The minimum absolute atomic E-state index is 0.649. The van der Waals surface area contributed by atoms with Crippen LogP contribution in [-0.4, -0.2) is 27.2 Å². The minimum atomic E-state index is -1.46. The van der Waals surface area contributed by atoms with E-state index in [1.807, 2.05) is 115 Å².